The molecule has 0 spiro atoms. The molecule has 4 atom stereocenters. The second kappa shape index (κ2) is 5.10. The molecule has 0 amide bonds. The Morgan fingerprint density at radius 3 is 3.00 bits per heavy atom. The average Bonchev–Trinajstić information content (AvgIpc) is 2.83. The first kappa shape index (κ1) is 12.9. The molecule has 3 aliphatic rings. The summed E-state index contributed by atoms with van der Waals surface area (Å²) in [5, 5.41) is 3.71. The Bertz CT molecular complexity index is 282. The Kier molecular flexibility index (Phi) is 3.65. The monoisotopic (exact) mass is 252 g/mol. The molecule has 0 aromatic rings. The smallest absolute Gasteiger partial charge is 0.0666 e. The van der Waals surface area contributed by atoms with E-state index in [4.69, 9.17) is 4.74 Å². The Morgan fingerprint density at radius 2 is 2.22 bits per heavy atom. The summed E-state index contributed by atoms with van der Waals surface area (Å²) in [6.07, 6.45) is 6.40. The standard InChI is InChI=1S/C15H28N2O/c1-3-15(2)9-13(6-8-18-15)17-10-12-5-4-7-16-14(12)11-17/h12-14,16H,3-11H2,1-2H3/t12-,13?,14+,15?/m0/s1. The predicted octanol–water partition coefficient (Wildman–Crippen LogP) is 2.02. The zero-order valence-electron chi connectivity index (χ0n) is 12.0. The summed E-state index contributed by atoms with van der Waals surface area (Å²) < 4.78 is 5.98. The van der Waals surface area contributed by atoms with Gasteiger partial charge in [-0.05, 0) is 51.5 Å². The van der Waals surface area contributed by atoms with Gasteiger partial charge < -0.3 is 10.1 Å². The van der Waals surface area contributed by atoms with Crippen LogP contribution in [0.2, 0.25) is 0 Å². The molecule has 0 saturated carbocycles. The van der Waals surface area contributed by atoms with Gasteiger partial charge in [-0.25, -0.2) is 0 Å². The molecule has 104 valence electrons. The molecule has 3 saturated heterocycles. The zero-order valence-corrected chi connectivity index (χ0v) is 12.0. The van der Waals surface area contributed by atoms with E-state index in [-0.39, 0.29) is 5.60 Å². The summed E-state index contributed by atoms with van der Waals surface area (Å²) in [5.41, 5.74) is 0.129. The highest BCUT2D eigenvalue weighted by Crippen LogP contribution is 2.34. The van der Waals surface area contributed by atoms with Crippen molar-refractivity contribution in [1.29, 1.82) is 0 Å². The van der Waals surface area contributed by atoms with Crippen LogP contribution in [0.15, 0.2) is 0 Å². The topological polar surface area (TPSA) is 24.5 Å². The molecule has 3 nitrogen and oxygen atoms in total. The quantitative estimate of drug-likeness (QED) is 0.814. The Hall–Kier alpha value is -0.120. The molecule has 1 N–H and O–H groups in total. The van der Waals surface area contributed by atoms with E-state index in [1.54, 1.807) is 0 Å². The third-order valence-electron chi connectivity index (χ3n) is 5.46. The van der Waals surface area contributed by atoms with Gasteiger partial charge in [0, 0.05) is 31.8 Å². The summed E-state index contributed by atoms with van der Waals surface area (Å²) in [7, 11) is 0. The highest BCUT2D eigenvalue weighted by atomic mass is 16.5. The van der Waals surface area contributed by atoms with E-state index < -0.39 is 0 Å². The fourth-order valence-electron chi connectivity index (χ4n) is 4.04. The second-order valence-electron chi connectivity index (χ2n) is 6.72. The predicted molar refractivity (Wildman–Crippen MR) is 73.8 cm³/mol. The van der Waals surface area contributed by atoms with Crippen LogP contribution in [0.5, 0.6) is 0 Å². The summed E-state index contributed by atoms with van der Waals surface area (Å²) in [5.74, 6) is 0.912. The molecule has 0 aromatic heterocycles. The molecule has 3 heterocycles. The molecule has 0 aliphatic carbocycles. The van der Waals surface area contributed by atoms with Crippen molar-refractivity contribution in [2.45, 2.75) is 63.6 Å². The lowest BCUT2D eigenvalue weighted by molar-refractivity contribution is -0.0943. The minimum atomic E-state index is 0.129. The lowest BCUT2D eigenvalue weighted by Gasteiger charge is -2.41. The molecular weight excluding hydrogens is 224 g/mol. The van der Waals surface area contributed by atoms with Gasteiger partial charge in [0.2, 0.25) is 0 Å². The first-order chi connectivity index (χ1) is 8.70. The van der Waals surface area contributed by atoms with Crippen molar-refractivity contribution < 1.29 is 4.74 Å². The van der Waals surface area contributed by atoms with Crippen molar-refractivity contribution >= 4 is 0 Å². The first-order valence-electron chi connectivity index (χ1n) is 7.81. The third-order valence-corrected chi connectivity index (χ3v) is 5.46. The third kappa shape index (κ3) is 2.45. The molecule has 3 rings (SSSR count). The van der Waals surface area contributed by atoms with Crippen molar-refractivity contribution in [3.63, 3.8) is 0 Å². The van der Waals surface area contributed by atoms with E-state index >= 15 is 0 Å². The minimum absolute atomic E-state index is 0.129. The van der Waals surface area contributed by atoms with Crippen LogP contribution in [-0.4, -0.2) is 48.8 Å². The molecule has 0 aromatic carbocycles. The number of likely N-dealkylation sites (tertiary alicyclic amines) is 1. The van der Waals surface area contributed by atoms with Gasteiger partial charge >= 0.3 is 0 Å². The van der Waals surface area contributed by atoms with Gasteiger partial charge in [0.05, 0.1) is 5.60 Å². The highest BCUT2D eigenvalue weighted by Gasteiger charge is 2.41. The fourth-order valence-corrected chi connectivity index (χ4v) is 4.04. The lowest BCUT2D eigenvalue weighted by atomic mass is 9.89. The number of hydrogen-bond acceptors (Lipinski definition) is 3. The van der Waals surface area contributed by atoms with Crippen LogP contribution in [0.4, 0.5) is 0 Å². The highest BCUT2D eigenvalue weighted by molar-refractivity contribution is 4.96. The van der Waals surface area contributed by atoms with Crippen LogP contribution in [0.3, 0.4) is 0 Å². The van der Waals surface area contributed by atoms with Gasteiger partial charge in [0.15, 0.2) is 0 Å². The van der Waals surface area contributed by atoms with Crippen LogP contribution in [-0.2, 0) is 4.74 Å². The van der Waals surface area contributed by atoms with E-state index in [9.17, 15) is 0 Å². The van der Waals surface area contributed by atoms with Crippen LogP contribution in [0.1, 0.15) is 46.0 Å². The largest absolute Gasteiger partial charge is 0.375 e. The maximum Gasteiger partial charge on any atom is 0.0666 e. The van der Waals surface area contributed by atoms with E-state index in [1.165, 1.54) is 45.3 Å². The van der Waals surface area contributed by atoms with Gasteiger partial charge in [0.1, 0.15) is 0 Å². The van der Waals surface area contributed by atoms with Crippen molar-refractivity contribution in [1.82, 2.24) is 10.2 Å². The Morgan fingerprint density at radius 1 is 1.33 bits per heavy atom. The molecule has 3 aliphatic heterocycles. The summed E-state index contributed by atoms with van der Waals surface area (Å²) >= 11 is 0. The average molecular weight is 252 g/mol. The number of hydrogen-bond donors (Lipinski definition) is 1. The SMILES string of the molecule is CCC1(C)CC(N2C[C@@H]3CCCN[C@@H]3C2)CCO1. The minimum Gasteiger partial charge on any atom is -0.375 e. The van der Waals surface area contributed by atoms with Crippen LogP contribution in [0, 0.1) is 5.92 Å². The van der Waals surface area contributed by atoms with Gasteiger partial charge in [-0.15, -0.1) is 0 Å². The number of nitrogens with one attached hydrogen (secondary N) is 1. The molecule has 0 radical (unpaired) electrons. The summed E-state index contributed by atoms with van der Waals surface area (Å²) in [6, 6.07) is 1.53. The second-order valence-corrected chi connectivity index (χ2v) is 6.72. The maximum atomic E-state index is 5.98. The molecule has 18 heavy (non-hydrogen) atoms. The lowest BCUT2D eigenvalue weighted by Crippen LogP contribution is -2.47. The first-order valence-corrected chi connectivity index (χ1v) is 7.81. The van der Waals surface area contributed by atoms with Crippen molar-refractivity contribution in [3.05, 3.63) is 0 Å². The Balaban J connectivity index is 1.61. The van der Waals surface area contributed by atoms with Crippen LogP contribution >= 0.6 is 0 Å². The van der Waals surface area contributed by atoms with E-state index in [1.807, 2.05) is 0 Å². The van der Waals surface area contributed by atoms with Crippen molar-refractivity contribution in [2.75, 3.05) is 26.2 Å². The number of nitrogens with zero attached hydrogens (tertiary/aromatic N) is 1. The molecule has 2 unspecified atom stereocenters. The molecule has 3 heteroatoms. The molecule has 3 fully saturated rings. The summed E-state index contributed by atoms with van der Waals surface area (Å²) in [6.45, 7) is 9.33. The maximum absolute atomic E-state index is 5.98. The van der Waals surface area contributed by atoms with Crippen molar-refractivity contribution in [3.8, 4) is 0 Å². The number of ether oxygens (including phenoxy) is 1. The van der Waals surface area contributed by atoms with Gasteiger partial charge in [-0.1, -0.05) is 6.92 Å². The van der Waals surface area contributed by atoms with E-state index in [2.05, 4.69) is 24.1 Å². The van der Waals surface area contributed by atoms with Crippen LogP contribution in [0.25, 0.3) is 0 Å². The van der Waals surface area contributed by atoms with Gasteiger partial charge in [-0.2, -0.15) is 0 Å². The number of rotatable bonds is 2. The van der Waals surface area contributed by atoms with Gasteiger partial charge in [-0.3, -0.25) is 4.90 Å². The normalized spacial score (nSPS) is 46.0. The number of piperidine rings is 1. The van der Waals surface area contributed by atoms with Gasteiger partial charge in [0.25, 0.3) is 0 Å². The van der Waals surface area contributed by atoms with Crippen LogP contribution < -0.4 is 5.32 Å². The fraction of sp³-hybridized carbons (Fsp3) is 1.00. The molecule has 0 bridgehead atoms. The molecular formula is C15H28N2O. The zero-order chi connectivity index (χ0) is 12.6. The van der Waals surface area contributed by atoms with E-state index in [0.29, 0.717) is 0 Å². The number of fused-ring (bicyclic) bond motifs is 1. The Labute approximate surface area is 111 Å². The van der Waals surface area contributed by atoms with E-state index in [0.717, 1.165) is 31.0 Å². The summed E-state index contributed by atoms with van der Waals surface area (Å²) in [4.78, 5) is 2.75. The van der Waals surface area contributed by atoms with Crippen molar-refractivity contribution in [2.24, 2.45) is 5.92 Å².